The van der Waals surface area contributed by atoms with Gasteiger partial charge in [0.2, 0.25) is 0 Å². The summed E-state index contributed by atoms with van der Waals surface area (Å²) in [5, 5.41) is 0. The third-order valence-electron chi connectivity index (χ3n) is 2.04. The van der Waals surface area contributed by atoms with Gasteiger partial charge in [0.1, 0.15) is 6.23 Å². The summed E-state index contributed by atoms with van der Waals surface area (Å²) in [6.07, 6.45) is 0.204. The van der Waals surface area contributed by atoms with E-state index in [2.05, 4.69) is 9.64 Å². The second-order valence-corrected chi connectivity index (χ2v) is 3.04. The van der Waals surface area contributed by atoms with E-state index in [0.717, 1.165) is 6.54 Å². The number of nitrogens with two attached hydrogens (primary N) is 1. The summed E-state index contributed by atoms with van der Waals surface area (Å²) in [5.74, 6) is -0.180. The third-order valence-corrected chi connectivity index (χ3v) is 2.04. The van der Waals surface area contributed by atoms with E-state index in [9.17, 15) is 4.79 Å². The molecule has 1 rings (SSSR count). The van der Waals surface area contributed by atoms with Crippen molar-refractivity contribution in [3.05, 3.63) is 0 Å². The van der Waals surface area contributed by atoms with Crippen LogP contribution in [0.4, 0.5) is 0 Å². The molecule has 0 spiro atoms. The minimum Gasteiger partial charge on any atom is -0.469 e. The van der Waals surface area contributed by atoms with Crippen LogP contribution in [0.2, 0.25) is 0 Å². The van der Waals surface area contributed by atoms with Crippen molar-refractivity contribution < 1.29 is 14.3 Å². The number of esters is 1. The Bertz CT molecular complexity index is 175. The summed E-state index contributed by atoms with van der Waals surface area (Å²) in [7, 11) is 1.40. The molecule has 1 fully saturated rings. The number of hydrogen-bond acceptors (Lipinski definition) is 5. The van der Waals surface area contributed by atoms with Crippen LogP contribution in [0.25, 0.3) is 0 Å². The maximum absolute atomic E-state index is 10.8. The maximum atomic E-state index is 10.8. The van der Waals surface area contributed by atoms with E-state index in [4.69, 9.17) is 10.5 Å². The summed E-state index contributed by atoms with van der Waals surface area (Å²) < 4.78 is 9.70. The van der Waals surface area contributed by atoms with Crippen LogP contribution in [0.5, 0.6) is 0 Å². The zero-order valence-electron chi connectivity index (χ0n) is 7.86. The highest BCUT2D eigenvalue weighted by Gasteiger charge is 2.17. The van der Waals surface area contributed by atoms with E-state index in [-0.39, 0.29) is 12.2 Å². The predicted octanol–water partition coefficient (Wildman–Crippen LogP) is -0.833. The van der Waals surface area contributed by atoms with Gasteiger partial charge in [-0.3, -0.25) is 9.69 Å². The van der Waals surface area contributed by atoms with Crippen LogP contribution in [-0.4, -0.2) is 50.4 Å². The number of nitrogens with zero attached hydrogens (tertiary/aromatic N) is 1. The molecule has 2 N–H and O–H groups in total. The summed E-state index contributed by atoms with van der Waals surface area (Å²) in [5.41, 5.74) is 5.58. The summed E-state index contributed by atoms with van der Waals surface area (Å²) in [6, 6.07) is 0. The van der Waals surface area contributed by atoms with Crippen LogP contribution in [0.1, 0.15) is 6.42 Å². The molecule has 5 nitrogen and oxygen atoms in total. The van der Waals surface area contributed by atoms with Crippen LogP contribution >= 0.6 is 0 Å². The second kappa shape index (κ2) is 5.16. The summed E-state index contributed by atoms with van der Waals surface area (Å²) >= 11 is 0. The number of hydrogen-bond donors (Lipinski definition) is 1. The molecule has 0 aromatic rings. The Morgan fingerprint density at radius 2 is 2.54 bits per heavy atom. The van der Waals surface area contributed by atoms with Crippen molar-refractivity contribution in [2.75, 3.05) is 33.4 Å². The molecule has 1 aliphatic heterocycles. The maximum Gasteiger partial charge on any atom is 0.306 e. The Morgan fingerprint density at radius 3 is 3.15 bits per heavy atom. The number of morpholine rings is 1. The average Bonchev–Trinajstić information content (AvgIpc) is 2.14. The first-order valence-electron chi connectivity index (χ1n) is 4.38. The fourth-order valence-electron chi connectivity index (χ4n) is 1.29. The van der Waals surface area contributed by atoms with Gasteiger partial charge in [-0.1, -0.05) is 0 Å². The van der Waals surface area contributed by atoms with Gasteiger partial charge in [-0.2, -0.15) is 0 Å². The average molecular weight is 188 g/mol. The van der Waals surface area contributed by atoms with Gasteiger partial charge in [0.15, 0.2) is 0 Å². The van der Waals surface area contributed by atoms with Crippen LogP contribution < -0.4 is 5.73 Å². The number of ether oxygens (including phenoxy) is 2. The van der Waals surface area contributed by atoms with Gasteiger partial charge in [-0.15, -0.1) is 0 Å². The van der Waals surface area contributed by atoms with Crippen LogP contribution in [-0.2, 0) is 14.3 Å². The lowest BCUT2D eigenvalue weighted by molar-refractivity contribution is -0.141. The molecule has 0 aliphatic carbocycles. The molecule has 1 aliphatic rings. The molecule has 0 amide bonds. The number of carbonyl (C=O) groups is 1. The Morgan fingerprint density at radius 1 is 1.77 bits per heavy atom. The van der Waals surface area contributed by atoms with Crippen molar-refractivity contribution in [1.82, 2.24) is 4.90 Å². The van der Waals surface area contributed by atoms with E-state index in [1.807, 2.05) is 0 Å². The van der Waals surface area contributed by atoms with Crippen molar-refractivity contribution >= 4 is 5.97 Å². The van der Waals surface area contributed by atoms with E-state index in [1.54, 1.807) is 0 Å². The molecule has 1 saturated heterocycles. The lowest BCUT2D eigenvalue weighted by Crippen LogP contribution is -2.47. The molecule has 1 atom stereocenters. The highest BCUT2D eigenvalue weighted by atomic mass is 16.5. The van der Waals surface area contributed by atoms with Crippen molar-refractivity contribution in [1.29, 1.82) is 0 Å². The summed E-state index contributed by atoms with van der Waals surface area (Å²) in [6.45, 7) is 2.87. The van der Waals surface area contributed by atoms with Crippen LogP contribution in [0.15, 0.2) is 0 Å². The van der Waals surface area contributed by atoms with Gasteiger partial charge in [-0.05, 0) is 0 Å². The fraction of sp³-hybridized carbons (Fsp3) is 0.875. The predicted molar refractivity (Wildman–Crippen MR) is 47.0 cm³/mol. The van der Waals surface area contributed by atoms with E-state index in [1.165, 1.54) is 7.11 Å². The first-order chi connectivity index (χ1) is 6.22. The lowest BCUT2D eigenvalue weighted by Gasteiger charge is -2.30. The number of methoxy groups -OCH3 is 1. The summed E-state index contributed by atoms with van der Waals surface area (Å²) in [4.78, 5) is 12.9. The standard InChI is InChI=1S/C8H16N2O3/c1-12-8(11)2-3-10-4-5-13-7(9)6-10/h7H,2-6,9H2,1H3. The Hall–Kier alpha value is -0.650. The fourth-order valence-corrected chi connectivity index (χ4v) is 1.29. The first-order valence-corrected chi connectivity index (χ1v) is 4.38. The smallest absolute Gasteiger partial charge is 0.306 e. The largest absolute Gasteiger partial charge is 0.469 e. The van der Waals surface area contributed by atoms with E-state index in [0.29, 0.717) is 26.1 Å². The Labute approximate surface area is 77.8 Å². The molecule has 1 heterocycles. The van der Waals surface area contributed by atoms with E-state index >= 15 is 0 Å². The monoisotopic (exact) mass is 188 g/mol. The molecule has 5 heteroatoms. The molecule has 0 saturated carbocycles. The van der Waals surface area contributed by atoms with Crippen molar-refractivity contribution in [3.63, 3.8) is 0 Å². The van der Waals surface area contributed by atoms with Gasteiger partial charge in [-0.25, -0.2) is 0 Å². The van der Waals surface area contributed by atoms with Gasteiger partial charge < -0.3 is 15.2 Å². The van der Waals surface area contributed by atoms with Gasteiger partial charge in [0, 0.05) is 19.6 Å². The van der Waals surface area contributed by atoms with Crippen molar-refractivity contribution in [2.45, 2.75) is 12.6 Å². The number of carbonyl (C=O) groups excluding carboxylic acids is 1. The third kappa shape index (κ3) is 3.71. The first kappa shape index (κ1) is 10.4. The zero-order valence-corrected chi connectivity index (χ0v) is 7.86. The van der Waals surface area contributed by atoms with E-state index < -0.39 is 0 Å². The highest BCUT2D eigenvalue weighted by molar-refractivity contribution is 5.69. The van der Waals surface area contributed by atoms with Gasteiger partial charge in [0.05, 0.1) is 20.1 Å². The molecule has 1 unspecified atom stereocenters. The molecule has 0 bridgehead atoms. The molecule has 0 aromatic heterocycles. The molecule has 0 radical (unpaired) electrons. The minimum absolute atomic E-state index is 0.180. The molecule has 13 heavy (non-hydrogen) atoms. The quantitative estimate of drug-likeness (QED) is 0.585. The molecule has 76 valence electrons. The molecule has 0 aromatic carbocycles. The topological polar surface area (TPSA) is 64.8 Å². The van der Waals surface area contributed by atoms with Crippen molar-refractivity contribution in [2.24, 2.45) is 5.73 Å². The van der Waals surface area contributed by atoms with Gasteiger partial charge >= 0.3 is 5.97 Å². The van der Waals surface area contributed by atoms with Gasteiger partial charge in [0.25, 0.3) is 0 Å². The minimum atomic E-state index is -0.216. The highest BCUT2D eigenvalue weighted by Crippen LogP contribution is 2.01. The Kier molecular flexibility index (Phi) is 4.14. The second-order valence-electron chi connectivity index (χ2n) is 3.04. The van der Waals surface area contributed by atoms with Crippen molar-refractivity contribution in [3.8, 4) is 0 Å². The van der Waals surface area contributed by atoms with Crippen LogP contribution in [0.3, 0.4) is 0 Å². The Balaban J connectivity index is 2.17. The molecular formula is C8H16N2O3. The lowest BCUT2D eigenvalue weighted by atomic mass is 10.3. The van der Waals surface area contributed by atoms with Crippen LogP contribution in [0, 0.1) is 0 Å². The zero-order chi connectivity index (χ0) is 9.68. The SMILES string of the molecule is COC(=O)CCN1CCOC(N)C1. The number of rotatable bonds is 3. The molecular weight excluding hydrogens is 172 g/mol. The normalized spacial score (nSPS) is 24.3.